The van der Waals surface area contributed by atoms with Crippen molar-refractivity contribution in [1.82, 2.24) is 0 Å². The Bertz CT molecular complexity index is 931. The van der Waals surface area contributed by atoms with Crippen LogP contribution in [0.3, 0.4) is 0 Å². The third-order valence-corrected chi connectivity index (χ3v) is 12.5. The highest BCUT2D eigenvalue weighted by molar-refractivity contribution is 5.71. The lowest BCUT2D eigenvalue weighted by Crippen LogP contribution is -2.30. The third kappa shape index (κ3) is 49.3. The molecule has 0 aliphatic carbocycles. The molecular weight excluding hydrogens is 757 g/mol. The summed E-state index contributed by atoms with van der Waals surface area (Å²) in [6.07, 6.45) is 49.4. The van der Waals surface area contributed by atoms with Crippen LogP contribution in [0.5, 0.6) is 0 Å². The van der Waals surface area contributed by atoms with Crippen molar-refractivity contribution in [3.05, 3.63) is 0 Å². The van der Waals surface area contributed by atoms with Crippen molar-refractivity contribution in [2.75, 3.05) is 13.2 Å². The lowest BCUT2D eigenvalue weighted by atomic mass is 10.0. The summed E-state index contributed by atoms with van der Waals surface area (Å²) in [4.78, 5) is 38.0. The molecule has 362 valence electrons. The van der Waals surface area contributed by atoms with Gasteiger partial charge in [-0.3, -0.25) is 14.4 Å². The van der Waals surface area contributed by atoms with Crippen molar-refractivity contribution in [3.63, 3.8) is 0 Å². The lowest BCUT2D eigenvalue weighted by molar-refractivity contribution is -0.167. The van der Waals surface area contributed by atoms with Crippen LogP contribution in [0.4, 0.5) is 0 Å². The molecular formula is C55H106O6. The number of esters is 3. The van der Waals surface area contributed by atoms with Crippen molar-refractivity contribution >= 4 is 17.9 Å². The van der Waals surface area contributed by atoms with Gasteiger partial charge in [0.05, 0.1) is 0 Å². The zero-order valence-electron chi connectivity index (χ0n) is 41.8. The summed E-state index contributed by atoms with van der Waals surface area (Å²) in [5, 5.41) is 0. The van der Waals surface area contributed by atoms with Crippen LogP contribution in [0.15, 0.2) is 0 Å². The van der Waals surface area contributed by atoms with Crippen molar-refractivity contribution in [2.24, 2.45) is 11.8 Å². The summed E-state index contributed by atoms with van der Waals surface area (Å²) in [5.41, 5.74) is 0. The Morgan fingerprint density at radius 3 is 0.803 bits per heavy atom. The van der Waals surface area contributed by atoms with Crippen LogP contribution in [0.1, 0.15) is 304 Å². The number of hydrogen-bond donors (Lipinski definition) is 0. The van der Waals surface area contributed by atoms with Crippen LogP contribution in [0, 0.1) is 11.8 Å². The van der Waals surface area contributed by atoms with Crippen molar-refractivity contribution in [2.45, 2.75) is 310 Å². The predicted octanol–water partition coefficient (Wildman–Crippen LogP) is 17.7. The van der Waals surface area contributed by atoms with E-state index < -0.39 is 6.10 Å². The molecule has 61 heavy (non-hydrogen) atoms. The van der Waals surface area contributed by atoms with Gasteiger partial charge in [-0.05, 0) is 31.1 Å². The van der Waals surface area contributed by atoms with Gasteiger partial charge in [-0.25, -0.2) is 0 Å². The third-order valence-electron chi connectivity index (χ3n) is 12.5. The van der Waals surface area contributed by atoms with E-state index in [1.807, 2.05) is 0 Å². The quantitative estimate of drug-likeness (QED) is 0.0344. The van der Waals surface area contributed by atoms with E-state index in [-0.39, 0.29) is 31.1 Å². The molecule has 0 aromatic carbocycles. The van der Waals surface area contributed by atoms with Gasteiger partial charge < -0.3 is 14.2 Å². The van der Waals surface area contributed by atoms with E-state index in [0.717, 1.165) is 69.6 Å². The molecule has 0 heterocycles. The molecule has 0 aromatic rings. The molecule has 0 spiro atoms. The first-order valence-corrected chi connectivity index (χ1v) is 27.2. The zero-order chi connectivity index (χ0) is 44.7. The fourth-order valence-corrected chi connectivity index (χ4v) is 8.34. The minimum absolute atomic E-state index is 0.0631. The summed E-state index contributed by atoms with van der Waals surface area (Å²) >= 11 is 0. The number of ether oxygens (including phenoxy) is 3. The van der Waals surface area contributed by atoms with Gasteiger partial charge in [-0.2, -0.15) is 0 Å². The van der Waals surface area contributed by atoms with Gasteiger partial charge in [0.1, 0.15) is 13.2 Å². The Hall–Kier alpha value is -1.59. The largest absolute Gasteiger partial charge is 0.462 e. The second-order valence-electron chi connectivity index (χ2n) is 19.8. The monoisotopic (exact) mass is 863 g/mol. The highest BCUT2D eigenvalue weighted by Crippen LogP contribution is 2.18. The molecule has 6 heteroatoms. The molecule has 0 rings (SSSR count). The molecule has 0 saturated carbocycles. The molecule has 0 bridgehead atoms. The average Bonchev–Trinajstić information content (AvgIpc) is 3.23. The second-order valence-corrected chi connectivity index (χ2v) is 19.8. The van der Waals surface area contributed by atoms with Crippen molar-refractivity contribution < 1.29 is 28.6 Å². The molecule has 0 unspecified atom stereocenters. The predicted molar refractivity (Wildman–Crippen MR) is 261 cm³/mol. The topological polar surface area (TPSA) is 78.9 Å². The number of unbranched alkanes of at least 4 members (excludes halogenated alkanes) is 34. The lowest BCUT2D eigenvalue weighted by Gasteiger charge is -2.18. The molecule has 0 amide bonds. The van der Waals surface area contributed by atoms with E-state index in [1.54, 1.807) is 0 Å². The van der Waals surface area contributed by atoms with Crippen LogP contribution in [0.25, 0.3) is 0 Å². The van der Waals surface area contributed by atoms with Crippen LogP contribution >= 0.6 is 0 Å². The van der Waals surface area contributed by atoms with Crippen molar-refractivity contribution in [3.8, 4) is 0 Å². The van der Waals surface area contributed by atoms with Crippen LogP contribution in [-0.2, 0) is 28.6 Å². The van der Waals surface area contributed by atoms with E-state index in [0.29, 0.717) is 19.3 Å². The van der Waals surface area contributed by atoms with E-state index >= 15 is 0 Å². The van der Waals surface area contributed by atoms with Gasteiger partial charge in [-0.15, -0.1) is 0 Å². The summed E-state index contributed by atoms with van der Waals surface area (Å²) < 4.78 is 16.8. The molecule has 0 aromatic heterocycles. The van der Waals surface area contributed by atoms with E-state index in [4.69, 9.17) is 14.2 Å². The summed E-state index contributed by atoms with van der Waals surface area (Å²) in [6.45, 7) is 11.4. The van der Waals surface area contributed by atoms with E-state index in [2.05, 4.69) is 34.6 Å². The molecule has 0 aliphatic rings. The molecule has 1 atom stereocenters. The van der Waals surface area contributed by atoms with Gasteiger partial charge in [0.2, 0.25) is 0 Å². The van der Waals surface area contributed by atoms with Crippen LogP contribution < -0.4 is 0 Å². The molecule has 6 nitrogen and oxygen atoms in total. The molecule has 0 fully saturated rings. The van der Waals surface area contributed by atoms with E-state index in [9.17, 15) is 14.4 Å². The smallest absolute Gasteiger partial charge is 0.306 e. The number of hydrogen-bond acceptors (Lipinski definition) is 6. The fraction of sp³-hybridized carbons (Fsp3) is 0.945. The molecule has 0 N–H and O–H groups in total. The maximum absolute atomic E-state index is 12.8. The highest BCUT2D eigenvalue weighted by Gasteiger charge is 2.19. The first-order chi connectivity index (χ1) is 29.7. The van der Waals surface area contributed by atoms with Crippen LogP contribution in [0.2, 0.25) is 0 Å². The van der Waals surface area contributed by atoms with Gasteiger partial charge in [-0.1, -0.05) is 266 Å². The SMILES string of the molecule is CCCCCCCCCCCCCC(=O)OC[C@@H](COC(=O)CCCCCCCCCCCCCCCCC(C)C)OC(=O)CCCCCCCCCCCCCCC(C)C. The molecule has 0 saturated heterocycles. The first-order valence-electron chi connectivity index (χ1n) is 27.2. The van der Waals surface area contributed by atoms with Gasteiger partial charge >= 0.3 is 17.9 Å². The Balaban J connectivity index is 4.28. The normalized spacial score (nSPS) is 12.0. The fourth-order valence-electron chi connectivity index (χ4n) is 8.34. The summed E-state index contributed by atoms with van der Waals surface area (Å²) in [5.74, 6) is 0.833. The average molecular weight is 863 g/mol. The summed E-state index contributed by atoms with van der Waals surface area (Å²) in [7, 11) is 0. The molecule has 0 aliphatic heterocycles. The first kappa shape index (κ1) is 59.4. The number of rotatable bonds is 49. The maximum Gasteiger partial charge on any atom is 0.306 e. The zero-order valence-corrected chi connectivity index (χ0v) is 41.8. The standard InChI is InChI=1S/C55H106O6/c1-6-7-8-9-10-11-18-25-30-35-40-45-53(56)59-48-52(61-55(58)47-42-37-32-27-22-17-16-20-24-29-34-39-44-51(4)5)49-60-54(57)46-41-36-31-26-21-15-13-12-14-19-23-28-33-38-43-50(2)3/h50-52H,6-49H2,1-5H3/t52-/m0/s1. The Morgan fingerprint density at radius 1 is 0.311 bits per heavy atom. The van der Waals surface area contributed by atoms with E-state index in [1.165, 1.54) is 193 Å². The Kier molecular flexibility index (Phi) is 46.6. The van der Waals surface area contributed by atoms with Gasteiger partial charge in [0.15, 0.2) is 6.10 Å². The Morgan fingerprint density at radius 2 is 0.541 bits per heavy atom. The highest BCUT2D eigenvalue weighted by atomic mass is 16.6. The van der Waals surface area contributed by atoms with Gasteiger partial charge in [0.25, 0.3) is 0 Å². The maximum atomic E-state index is 12.8. The minimum Gasteiger partial charge on any atom is -0.462 e. The van der Waals surface area contributed by atoms with Crippen LogP contribution in [-0.4, -0.2) is 37.2 Å². The summed E-state index contributed by atoms with van der Waals surface area (Å²) in [6, 6.07) is 0. The second kappa shape index (κ2) is 47.9. The number of carbonyl (C=O) groups is 3. The van der Waals surface area contributed by atoms with Gasteiger partial charge in [0, 0.05) is 19.3 Å². The number of carbonyl (C=O) groups excluding carboxylic acids is 3. The molecule has 0 radical (unpaired) electrons. The minimum atomic E-state index is -0.761. The van der Waals surface area contributed by atoms with Crippen molar-refractivity contribution in [1.29, 1.82) is 0 Å². The Labute approximate surface area is 380 Å².